The third-order valence-corrected chi connectivity index (χ3v) is 31.1. The van der Waals surface area contributed by atoms with Gasteiger partial charge in [0.25, 0.3) is 0 Å². The second-order valence-corrected chi connectivity index (χ2v) is 36.8. The van der Waals surface area contributed by atoms with E-state index in [0.717, 1.165) is 80.0 Å². The highest BCUT2D eigenvalue weighted by Gasteiger charge is 2.66. The Balaban J connectivity index is 0.000000152. The molecule has 10 fully saturated rings. The molecule has 12 aliphatic carbocycles. The first-order valence-electron chi connectivity index (χ1n) is 38.4. The third-order valence-electron chi connectivity index (χ3n) is 31.1. The lowest BCUT2D eigenvalue weighted by Gasteiger charge is -2.60. The molecule has 0 amide bonds. The summed E-state index contributed by atoms with van der Waals surface area (Å²) in [5.74, 6) is 12.5. The van der Waals surface area contributed by atoms with Crippen LogP contribution in [0.4, 0.5) is 0 Å². The number of Topliss-reactive ketones (excluding diaryl/α,β-unsaturated/α-hetero) is 1. The van der Waals surface area contributed by atoms with Gasteiger partial charge in [-0.3, -0.25) is 24.0 Å². The van der Waals surface area contributed by atoms with Crippen LogP contribution in [0.1, 0.15) is 284 Å². The average Bonchev–Trinajstić information content (AvgIpc) is 1.36. The Bertz CT molecular complexity index is 2720. The first kappa shape index (κ1) is 71.9. The Hall–Kier alpha value is -2.85. The summed E-state index contributed by atoms with van der Waals surface area (Å²) in [4.78, 5) is 75.0. The van der Waals surface area contributed by atoms with E-state index in [-0.39, 0.29) is 51.3 Å². The second kappa shape index (κ2) is 27.8. The van der Waals surface area contributed by atoms with Crippen LogP contribution in [0, 0.1) is 145 Å². The summed E-state index contributed by atoms with van der Waals surface area (Å²) in [6.45, 7) is 34.9. The highest BCUT2D eigenvalue weighted by atomic mass is 17.2. The van der Waals surface area contributed by atoms with Crippen molar-refractivity contribution in [3.8, 4) is 0 Å². The van der Waals surface area contributed by atoms with Gasteiger partial charge in [0, 0.05) is 41.9 Å². The van der Waals surface area contributed by atoms with Gasteiger partial charge in [-0.2, -0.15) is 0 Å². The van der Waals surface area contributed by atoms with Crippen LogP contribution >= 0.6 is 0 Å². The van der Waals surface area contributed by atoms with E-state index in [0.29, 0.717) is 113 Å². The van der Waals surface area contributed by atoms with E-state index >= 15 is 0 Å². The summed E-state index contributed by atoms with van der Waals surface area (Å²) in [5, 5.41) is 0. The predicted molar refractivity (Wildman–Crippen MR) is 366 cm³/mol. The standard InChI is InChI=1S/C30H50O4.C26H42O3.C26H40O3/c1-19-15-16-29(6)21(17-19)10-11-22-24-13-12-23(20(2)9-14-27(31)32-8)30(24,7)26(18-25(22)29)33-34-28(3,4)5;2*1-16-12-13-25(3)18(14-16)7-8-19-21-10-9-20(17(2)6-11-24(28)29-5)26(21,4)23(27)15-22(19)25/h18-24,26H,9-17H2,1-8H3;16-22H,6-15H2,1-5H3;15-21H,6-14H2,1-5H3/t19-,20-,21-,22?,23-,24?,26?,29+,30-;16-,17-,18-,19?,20-,21?,22?,25+,26-;16-,17-,18-,19?,20-,21?,25+,26-/m111/s1. The zero-order valence-electron chi connectivity index (χ0n) is 61.6. The van der Waals surface area contributed by atoms with E-state index in [4.69, 9.17) is 24.0 Å². The topological polar surface area (TPSA) is 132 Å². The quantitative estimate of drug-likeness (QED) is 0.0544. The fraction of sp³-hybridized carbons (Fsp3) is 0.890. The zero-order chi connectivity index (χ0) is 66.8. The fourth-order valence-corrected chi connectivity index (χ4v) is 25.5. The summed E-state index contributed by atoms with van der Waals surface area (Å²) < 4.78 is 14.6. The monoisotopic (exact) mass is 1280 g/mol. The van der Waals surface area contributed by atoms with Gasteiger partial charge in [0.2, 0.25) is 0 Å². The van der Waals surface area contributed by atoms with Gasteiger partial charge in [-0.1, -0.05) is 107 Å². The van der Waals surface area contributed by atoms with E-state index in [9.17, 15) is 24.0 Å². The van der Waals surface area contributed by atoms with Crippen LogP contribution in [0.25, 0.3) is 0 Å². The van der Waals surface area contributed by atoms with Gasteiger partial charge in [0.1, 0.15) is 11.9 Å². The van der Waals surface area contributed by atoms with Crippen LogP contribution in [0.5, 0.6) is 0 Å². The Morgan fingerprint density at radius 2 is 0.957 bits per heavy atom. The van der Waals surface area contributed by atoms with Gasteiger partial charge in [-0.05, 0) is 303 Å². The molecule has 0 aromatic rings. The molecule has 0 radical (unpaired) electrons. The number of allylic oxidation sites excluding steroid dienone is 3. The number of fused-ring (bicyclic) bond motifs is 15. The SMILES string of the molecule is COC(=O)CC[C@@H](C)[C@H]1CCC2C3CC[C@@H]4C[C@H](C)CC[C@]4(C)C3=CC(=O)[C@@]21C.COC(=O)CC[C@@H](C)[C@H]1CCC2C3CC[C@@H]4C[C@H](C)CC[C@]4(C)C3=CC(OOC(C)(C)C)[C@@]21C.COC(=O)CC[C@@H](C)[C@H]1CCC2C3CC[C@@H]4C[C@H](C)CC[C@]4(C)C3CC(=O)[C@@]21C. The maximum atomic E-state index is 13.8. The van der Waals surface area contributed by atoms with Gasteiger partial charge >= 0.3 is 17.9 Å². The van der Waals surface area contributed by atoms with Crippen LogP contribution in [0.2, 0.25) is 0 Å². The number of ether oxygens (including phenoxy) is 3. The Morgan fingerprint density at radius 1 is 0.511 bits per heavy atom. The molecule has 0 aromatic carbocycles. The fourth-order valence-electron chi connectivity index (χ4n) is 25.5. The zero-order valence-corrected chi connectivity index (χ0v) is 61.6. The number of esters is 3. The van der Waals surface area contributed by atoms with Crippen molar-refractivity contribution in [2.45, 2.75) is 295 Å². The average molecular weight is 1280 g/mol. The van der Waals surface area contributed by atoms with Crippen LogP contribution in [-0.4, -0.2) is 62.5 Å². The number of carbonyl (C=O) groups excluding carboxylic acids is 5. The lowest BCUT2D eigenvalue weighted by Crippen LogP contribution is -2.57. The highest BCUT2D eigenvalue weighted by molar-refractivity contribution is 5.97. The Kier molecular flexibility index (Phi) is 21.7. The van der Waals surface area contributed by atoms with E-state index in [1.807, 2.05) is 0 Å². The molecule has 0 N–H and O–H groups in total. The minimum absolute atomic E-state index is 0.0279. The molecule has 0 aliphatic heterocycles. The van der Waals surface area contributed by atoms with Gasteiger partial charge < -0.3 is 14.2 Å². The van der Waals surface area contributed by atoms with Crippen molar-refractivity contribution in [1.29, 1.82) is 0 Å². The smallest absolute Gasteiger partial charge is 0.305 e. The normalized spacial score (nSPS) is 45.0. The van der Waals surface area contributed by atoms with Crippen LogP contribution in [-0.2, 0) is 48.0 Å². The van der Waals surface area contributed by atoms with Gasteiger partial charge in [0.15, 0.2) is 5.78 Å². The van der Waals surface area contributed by atoms with Gasteiger partial charge in [-0.25, -0.2) is 9.78 Å². The summed E-state index contributed by atoms with van der Waals surface area (Å²) in [5.41, 5.74) is 3.46. The summed E-state index contributed by atoms with van der Waals surface area (Å²) in [6.07, 6.45) is 36.6. The van der Waals surface area contributed by atoms with Crippen molar-refractivity contribution in [2.24, 2.45) is 145 Å². The summed E-state index contributed by atoms with van der Waals surface area (Å²) in [7, 11) is 4.41. The van der Waals surface area contributed by atoms with Crippen molar-refractivity contribution in [3.05, 3.63) is 23.3 Å². The molecule has 0 spiro atoms. The van der Waals surface area contributed by atoms with Crippen molar-refractivity contribution < 1.29 is 48.0 Å². The van der Waals surface area contributed by atoms with E-state index < -0.39 is 0 Å². The number of carbonyl (C=O) groups is 5. The van der Waals surface area contributed by atoms with Crippen LogP contribution in [0.3, 0.4) is 0 Å². The highest BCUT2D eigenvalue weighted by Crippen LogP contribution is 2.71. The molecule has 10 saturated carbocycles. The lowest BCUT2D eigenvalue weighted by atomic mass is 9.43. The molecule has 10 heteroatoms. The first-order valence-corrected chi connectivity index (χ1v) is 38.4. The van der Waals surface area contributed by atoms with Gasteiger partial charge in [-0.15, -0.1) is 0 Å². The molecule has 92 heavy (non-hydrogen) atoms. The van der Waals surface area contributed by atoms with Crippen molar-refractivity contribution in [2.75, 3.05) is 21.3 Å². The van der Waals surface area contributed by atoms with Gasteiger partial charge in [0.05, 0.1) is 26.9 Å². The maximum absolute atomic E-state index is 13.8. The number of ketones is 2. The summed E-state index contributed by atoms with van der Waals surface area (Å²) >= 11 is 0. The number of hydrogen-bond donors (Lipinski definition) is 0. The number of rotatable bonds is 14. The lowest BCUT2D eigenvalue weighted by molar-refractivity contribution is -0.385. The molecule has 12 rings (SSSR count). The largest absolute Gasteiger partial charge is 0.469 e. The molecule has 0 heterocycles. The van der Waals surface area contributed by atoms with Crippen molar-refractivity contribution in [3.63, 3.8) is 0 Å². The van der Waals surface area contributed by atoms with E-state index in [1.54, 1.807) is 5.57 Å². The molecule has 0 aromatic heterocycles. The van der Waals surface area contributed by atoms with Crippen LogP contribution < -0.4 is 0 Å². The maximum Gasteiger partial charge on any atom is 0.305 e. The predicted octanol–water partition coefficient (Wildman–Crippen LogP) is 19.5. The minimum atomic E-state index is -0.342. The molecule has 8 unspecified atom stereocenters. The molecular weight excluding hydrogens is 1140 g/mol. The van der Waals surface area contributed by atoms with Crippen molar-refractivity contribution >= 4 is 29.5 Å². The second-order valence-electron chi connectivity index (χ2n) is 36.8. The Labute approximate surface area is 559 Å². The number of methoxy groups -OCH3 is 3. The van der Waals surface area contributed by atoms with E-state index in [2.05, 4.69) is 116 Å². The Morgan fingerprint density at radius 3 is 1.49 bits per heavy atom. The van der Waals surface area contributed by atoms with E-state index in [1.165, 1.54) is 149 Å². The molecule has 26 atom stereocenters. The first-order chi connectivity index (χ1) is 43.3. The van der Waals surface area contributed by atoms with Crippen LogP contribution in [0.15, 0.2) is 23.3 Å². The molecule has 12 aliphatic rings. The molecule has 520 valence electrons. The molecule has 10 nitrogen and oxygen atoms in total. The number of hydrogen-bond acceptors (Lipinski definition) is 10. The molecule has 0 bridgehead atoms. The third kappa shape index (κ3) is 13.1. The molecule has 0 saturated heterocycles. The minimum Gasteiger partial charge on any atom is -0.469 e. The molecular formula is C82H132O10. The van der Waals surface area contributed by atoms with Crippen molar-refractivity contribution in [1.82, 2.24) is 0 Å². The summed E-state index contributed by atoms with van der Waals surface area (Å²) in [6, 6.07) is 0.